The quantitative estimate of drug-likeness (QED) is 0.883. The fourth-order valence-electron chi connectivity index (χ4n) is 3.14. The van der Waals surface area contributed by atoms with E-state index < -0.39 is 11.4 Å². The Kier molecular flexibility index (Phi) is 5.22. The maximum atomic E-state index is 11.7. The number of benzene rings is 1. The molecular formula is C16H22BrNO2. The molecule has 1 aliphatic rings. The lowest BCUT2D eigenvalue weighted by molar-refractivity contribution is -0.152. The van der Waals surface area contributed by atoms with Crippen LogP contribution < -0.4 is 0 Å². The molecule has 1 aromatic carbocycles. The zero-order chi connectivity index (χ0) is 14.6. The van der Waals surface area contributed by atoms with Crippen LogP contribution in [-0.2, 0) is 11.3 Å². The van der Waals surface area contributed by atoms with Crippen molar-refractivity contribution in [2.24, 2.45) is 5.41 Å². The number of carboxylic acids is 1. The van der Waals surface area contributed by atoms with Gasteiger partial charge in [-0.2, -0.15) is 0 Å². The summed E-state index contributed by atoms with van der Waals surface area (Å²) in [5.74, 6) is -0.625. The summed E-state index contributed by atoms with van der Waals surface area (Å²) in [7, 11) is 2.02. The van der Waals surface area contributed by atoms with Crippen molar-refractivity contribution in [1.82, 2.24) is 4.90 Å². The van der Waals surface area contributed by atoms with Gasteiger partial charge in [-0.25, -0.2) is 0 Å². The summed E-state index contributed by atoms with van der Waals surface area (Å²) >= 11 is 3.43. The molecule has 0 aliphatic heterocycles. The van der Waals surface area contributed by atoms with Crippen LogP contribution in [0.15, 0.2) is 28.7 Å². The predicted octanol–water partition coefficient (Wildman–Crippen LogP) is 3.92. The van der Waals surface area contributed by atoms with Crippen LogP contribution >= 0.6 is 15.9 Å². The molecule has 1 aliphatic carbocycles. The smallest absolute Gasteiger partial charge is 0.310 e. The lowest BCUT2D eigenvalue weighted by Gasteiger charge is -2.36. The molecule has 1 saturated carbocycles. The van der Waals surface area contributed by atoms with E-state index in [1.807, 2.05) is 19.2 Å². The van der Waals surface area contributed by atoms with Crippen molar-refractivity contribution in [2.75, 3.05) is 13.6 Å². The van der Waals surface area contributed by atoms with E-state index in [2.05, 4.69) is 33.0 Å². The third kappa shape index (κ3) is 3.83. The van der Waals surface area contributed by atoms with Gasteiger partial charge in [0.25, 0.3) is 0 Å². The SMILES string of the molecule is CN(Cc1ccc(Br)cc1)CC1(C(=O)O)CCCCC1. The normalized spacial score (nSPS) is 18.1. The van der Waals surface area contributed by atoms with Crippen LogP contribution in [0, 0.1) is 5.41 Å². The molecule has 1 fully saturated rings. The third-order valence-electron chi connectivity index (χ3n) is 4.20. The van der Waals surface area contributed by atoms with Crippen molar-refractivity contribution in [1.29, 1.82) is 0 Å². The minimum Gasteiger partial charge on any atom is -0.481 e. The highest BCUT2D eigenvalue weighted by Crippen LogP contribution is 2.37. The molecule has 3 nitrogen and oxygen atoms in total. The van der Waals surface area contributed by atoms with Crippen molar-refractivity contribution in [3.8, 4) is 0 Å². The first-order chi connectivity index (χ1) is 9.52. The highest BCUT2D eigenvalue weighted by Gasteiger charge is 2.40. The summed E-state index contributed by atoms with van der Waals surface area (Å²) in [5.41, 5.74) is 0.676. The topological polar surface area (TPSA) is 40.5 Å². The average Bonchev–Trinajstić information content (AvgIpc) is 2.42. The predicted molar refractivity (Wildman–Crippen MR) is 83.6 cm³/mol. The number of aliphatic carboxylic acids is 1. The van der Waals surface area contributed by atoms with Gasteiger partial charge < -0.3 is 10.0 Å². The van der Waals surface area contributed by atoms with E-state index in [1.165, 1.54) is 12.0 Å². The van der Waals surface area contributed by atoms with E-state index >= 15 is 0 Å². The minimum absolute atomic E-state index is 0.539. The van der Waals surface area contributed by atoms with Crippen LogP contribution in [-0.4, -0.2) is 29.6 Å². The van der Waals surface area contributed by atoms with Crippen molar-refractivity contribution in [3.63, 3.8) is 0 Å². The van der Waals surface area contributed by atoms with Gasteiger partial charge in [-0.3, -0.25) is 4.79 Å². The Morgan fingerprint density at radius 1 is 1.25 bits per heavy atom. The maximum Gasteiger partial charge on any atom is 0.310 e. The van der Waals surface area contributed by atoms with Crippen LogP contribution in [0.25, 0.3) is 0 Å². The van der Waals surface area contributed by atoms with Gasteiger partial charge in [0.1, 0.15) is 0 Å². The first-order valence-corrected chi connectivity index (χ1v) is 7.97. The molecule has 0 amide bonds. The molecular weight excluding hydrogens is 318 g/mol. The molecule has 0 unspecified atom stereocenters. The van der Waals surface area contributed by atoms with Crippen LogP contribution in [0.2, 0.25) is 0 Å². The van der Waals surface area contributed by atoms with E-state index in [4.69, 9.17) is 0 Å². The summed E-state index contributed by atoms with van der Waals surface area (Å²) < 4.78 is 1.07. The number of halogens is 1. The van der Waals surface area contributed by atoms with Gasteiger partial charge in [0.05, 0.1) is 5.41 Å². The average molecular weight is 340 g/mol. The van der Waals surface area contributed by atoms with E-state index in [-0.39, 0.29) is 0 Å². The zero-order valence-electron chi connectivity index (χ0n) is 11.9. The fraction of sp³-hybridized carbons (Fsp3) is 0.562. The number of carbonyl (C=O) groups is 1. The second-order valence-electron chi connectivity index (χ2n) is 5.94. The van der Waals surface area contributed by atoms with Gasteiger partial charge in [0.2, 0.25) is 0 Å². The monoisotopic (exact) mass is 339 g/mol. The molecule has 4 heteroatoms. The van der Waals surface area contributed by atoms with Crippen molar-refractivity contribution < 1.29 is 9.90 Å². The van der Waals surface area contributed by atoms with E-state index in [1.54, 1.807) is 0 Å². The molecule has 110 valence electrons. The summed E-state index contributed by atoms with van der Waals surface area (Å²) in [6.45, 7) is 1.43. The zero-order valence-corrected chi connectivity index (χ0v) is 13.5. The molecule has 0 bridgehead atoms. The maximum absolute atomic E-state index is 11.7. The molecule has 0 saturated heterocycles. The molecule has 0 atom stereocenters. The van der Waals surface area contributed by atoms with Gasteiger partial charge >= 0.3 is 5.97 Å². The Morgan fingerprint density at radius 3 is 2.40 bits per heavy atom. The van der Waals surface area contributed by atoms with Crippen LogP contribution in [0.3, 0.4) is 0 Å². The summed E-state index contributed by atoms with van der Waals surface area (Å²) in [6, 6.07) is 8.21. The van der Waals surface area contributed by atoms with Gasteiger partial charge in [-0.05, 0) is 37.6 Å². The molecule has 0 spiro atoms. The summed E-state index contributed by atoms with van der Waals surface area (Å²) in [5, 5.41) is 9.61. The van der Waals surface area contributed by atoms with Crippen LogP contribution in [0.5, 0.6) is 0 Å². The number of rotatable bonds is 5. The highest BCUT2D eigenvalue weighted by atomic mass is 79.9. The molecule has 20 heavy (non-hydrogen) atoms. The van der Waals surface area contributed by atoms with Crippen LogP contribution in [0.1, 0.15) is 37.7 Å². The number of carboxylic acid groups (broad SMARTS) is 1. The Balaban J connectivity index is 1.99. The molecule has 0 heterocycles. The minimum atomic E-state index is -0.625. The fourth-order valence-corrected chi connectivity index (χ4v) is 3.41. The summed E-state index contributed by atoms with van der Waals surface area (Å²) in [4.78, 5) is 13.8. The third-order valence-corrected chi connectivity index (χ3v) is 4.73. The summed E-state index contributed by atoms with van der Waals surface area (Å²) in [6.07, 6.45) is 4.88. The largest absolute Gasteiger partial charge is 0.481 e. The Labute approximate surface area is 129 Å². The van der Waals surface area contributed by atoms with Crippen molar-refractivity contribution in [2.45, 2.75) is 38.6 Å². The van der Waals surface area contributed by atoms with E-state index in [9.17, 15) is 9.90 Å². The first kappa shape index (κ1) is 15.5. The molecule has 1 N–H and O–H groups in total. The molecule has 1 aromatic rings. The molecule has 2 rings (SSSR count). The second kappa shape index (κ2) is 6.72. The van der Waals surface area contributed by atoms with Gasteiger partial charge in [-0.15, -0.1) is 0 Å². The molecule has 0 radical (unpaired) electrons. The Morgan fingerprint density at radius 2 is 1.85 bits per heavy atom. The Bertz CT molecular complexity index is 452. The van der Waals surface area contributed by atoms with Crippen LogP contribution in [0.4, 0.5) is 0 Å². The first-order valence-electron chi connectivity index (χ1n) is 7.18. The highest BCUT2D eigenvalue weighted by molar-refractivity contribution is 9.10. The Hall–Kier alpha value is -0.870. The molecule has 0 aromatic heterocycles. The van der Waals surface area contributed by atoms with Crippen molar-refractivity contribution in [3.05, 3.63) is 34.3 Å². The van der Waals surface area contributed by atoms with Crippen molar-refractivity contribution >= 4 is 21.9 Å². The van der Waals surface area contributed by atoms with Gasteiger partial charge in [0, 0.05) is 17.6 Å². The number of hydrogen-bond donors (Lipinski definition) is 1. The lowest BCUT2D eigenvalue weighted by atomic mass is 9.73. The van der Waals surface area contributed by atoms with E-state index in [0.717, 1.165) is 36.7 Å². The lowest BCUT2D eigenvalue weighted by Crippen LogP contribution is -2.43. The van der Waals surface area contributed by atoms with E-state index in [0.29, 0.717) is 6.54 Å². The standard InChI is InChI=1S/C16H22BrNO2/c1-18(11-13-5-7-14(17)8-6-13)12-16(15(19)20)9-3-2-4-10-16/h5-8H,2-4,9-12H2,1H3,(H,19,20). The van der Waals surface area contributed by atoms with Gasteiger partial charge in [-0.1, -0.05) is 47.3 Å². The number of nitrogens with zero attached hydrogens (tertiary/aromatic N) is 1. The second-order valence-corrected chi connectivity index (χ2v) is 6.86. The number of hydrogen-bond acceptors (Lipinski definition) is 2. The van der Waals surface area contributed by atoms with Gasteiger partial charge in [0.15, 0.2) is 0 Å².